The molecule has 2 rings (SSSR count). The number of hydrogen-bond donors (Lipinski definition) is 0. The highest BCUT2D eigenvalue weighted by atomic mass is 16.5. The molecule has 0 saturated carbocycles. The monoisotopic (exact) mass is 222 g/mol. The van der Waals surface area contributed by atoms with Crippen molar-refractivity contribution in [2.24, 2.45) is 11.8 Å². The molecule has 0 aromatic heterocycles. The third-order valence-corrected chi connectivity index (χ3v) is 3.96. The van der Waals surface area contributed by atoms with Crippen LogP contribution < -0.4 is 0 Å². The Hall–Kier alpha value is -0.590. The molecule has 0 amide bonds. The van der Waals surface area contributed by atoms with Crippen LogP contribution >= 0.6 is 0 Å². The van der Waals surface area contributed by atoms with E-state index in [0.29, 0.717) is 5.92 Å². The van der Waals surface area contributed by atoms with Gasteiger partial charge in [0.2, 0.25) is 0 Å². The van der Waals surface area contributed by atoms with Gasteiger partial charge in [-0.3, -0.25) is 0 Å². The first kappa shape index (κ1) is 11.9. The Kier molecular flexibility index (Phi) is 4.62. The lowest BCUT2D eigenvalue weighted by Gasteiger charge is -2.31. The zero-order chi connectivity index (χ0) is 11.2. The molecule has 0 radical (unpaired) electrons. The second-order valence-corrected chi connectivity index (χ2v) is 5.09. The SMILES string of the molecule is N#CC1CCN(CCC2CCOCC2)CC1. The maximum absolute atomic E-state index is 8.83. The van der Waals surface area contributed by atoms with E-state index in [1.54, 1.807) is 0 Å². The summed E-state index contributed by atoms with van der Waals surface area (Å²) in [5.74, 6) is 1.20. The Bertz CT molecular complexity index is 235. The topological polar surface area (TPSA) is 36.3 Å². The van der Waals surface area contributed by atoms with Gasteiger partial charge in [0.1, 0.15) is 0 Å². The summed E-state index contributed by atoms with van der Waals surface area (Å²) < 4.78 is 5.37. The average Bonchev–Trinajstić information content (AvgIpc) is 2.38. The molecule has 0 bridgehead atoms. The van der Waals surface area contributed by atoms with Crippen LogP contribution in [0.5, 0.6) is 0 Å². The summed E-state index contributed by atoms with van der Waals surface area (Å²) in [6, 6.07) is 2.39. The summed E-state index contributed by atoms with van der Waals surface area (Å²) in [6.45, 7) is 5.40. The van der Waals surface area contributed by atoms with Crippen LogP contribution in [0.2, 0.25) is 0 Å². The number of nitrogens with zero attached hydrogens (tertiary/aromatic N) is 2. The fourth-order valence-corrected chi connectivity index (χ4v) is 2.69. The summed E-state index contributed by atoms with van der Waals surface area (Å²) >= 11 is 0. The Labute approximate surface area is 98.4 Å². The fourth-order valence-electron chi connectivity index (χ4n) is 2.69. The number of rotatable bonds is 3. The predicted octanol–water partition coefficient (Wildman–Crippen LogP) is 2.04. The first-order chi connectivity index (χ1) is 7.88. The molecule has 3 heteroatoms. The molecular weight excluding hydrogens is 200 g/mol. The minimum Gasteiger partial charge on any atom is -0.381 e. The zero-order valence-electron chi connectivity index (χ0n) is 10.0. The average molecular weight is 222 g/mol. The molecule has 0 aromatic carbocycles. The minimum absolute atomic E-state index is 0.319. The van der Waals surface area contributed by atoms with E-state index in [4.69, 9.17) is 10.00 Å². The summed E-state index contributed by atoms with van der Waals surface area (Å²) in [5, 5.41) is 8.83. The highest BCUT2D eigenvalue weighted by molar-refractivity contribution is 4.87. The molecule has 0 N–H and O–H groups in total. The summed E-state index contributed by atoms with van der Waals surface area (Å²) in [6.07, 6.45) is 5.96. The van der Waals surface area contributed by atoms with Crippen molar-refractivity contribution in [1.29, 1.82) is 5.26 Å². The molecule has 2 saturated heterocycles. The number of nitriles is 1. The quantitative estimate of drug-likeness (QED) is 0.733. The van der Waals surface area contributed by atoms with Crippen LogP contribution in [0, 0.1) is 23.2 Å². The molecule has 0 atom stereocenters. The molecule has 90 valence electrons. The van der Waals surface area contributed by atoms with Gasteiger partial charge in [0, 0.05) is 19.1 Å². The highest BCUT2D eigenvalue weighted by Gasteiger charge is 2.20. The number of ether oxygens (including phenoxy) is 1. The van der Waals surface area contributed by atoms with E-state index < -0.39 is 0 Å². The molecule has 2 aliphatic rings. The third kappa shape index (κ3) is 3.47. The Balaban J connectivity index is 1.61. The van der Waals surface area contributed by atoms with Crippen molar-refractivity contribution in [2.75, 3.05) is 32.8 Å². The molecule has 0 aliphatic carbocycles. The van der Waals surface area contributed by atoms with Gasteiger partial charge < -0.3 is 9.64 Å². The second kappa shape index (κ2) is 6.22. The van der Waals surface area contributed by atoms with Gasteiger partial charge in [0.25, 0.3) is 0 Å². The molecule has 16 heavy (non-hydrogen) atoms. The van der Waals surface area contributed by atoms with Gasteiger partial charge in [0.05, 0.1) is 6.07 Å². The van der Waals surface area contributed by atoms with Crippen molar-refractivity contribution < 1.29 is 4.74 Å². The summed E-state index contributed by atoms with van der Waals surface area (Å²) in [4.78, 5) is 2.53. The molecule has 0 spiro atoms. The second-order valence-electron chi connectivity index (χ2n) is 5.09. The Morgan fingerprint density at radius 3 is 2.44 bits per heavy atom. The molecule has 2 aliphatic heterocycles. The summed E-state index contributed by atoms with van der Waals surface area (Å²) in [5.41, 5.74) is 0. The molecule has 2 heterocycles. The maximum atomic E-state index is 8.83. The predicted molar refractivity (Wildman–Crippen MR) is 62.9 cm³/mol. The van der Waals surface area contributed by atoms with E-state index in [-0.39, 0.29) is 0 Å². The summed E-state index contributed by atoms with van der Waals surface area (Å²) in [7, 11) is 0. The molecular formula is C13H22N2O. The van der Waals surface area contributed by atoms with Gasteiger partial charge in [0.15, 0.2) is 0 Å². The van der Waals surface area contributed by atoms with Crippen LogP contribution in [0.4, 0.5) is 0 Å². The van der Waals surface area contributed by atoms with Crippen LogP contribution in [-0.2, 0) is 4.74 Å². The third-order valence-electron chi connectivity index (χ3n) is 3.96. The van der Waals surface area contributed by atoms with E-state index in [1.165, 1.54) is 25.8 Å². The Morgan fingerprint density at radius 1 is 1.12 bits per heavy atom. The highest BCUT2D eigenvalue weighted by Crippen LogP contribution is 2.21. The lowest BCUT2D eigenvalue weighted by molar-refractivity contribution is 0.0587. The van der Waals surface area contributed by atoms with E-state index in [2.05, 4.69) is 11.0 Å². The number of hydrogen-bond acceptors (Lipinski definition) is 3. The van der Waals surface area contributed by atoms with Crippen LogP contribution in [0.3, 0.4) is 0 Å². The Morgan fingerprint density at radius 2 is 1.81 bits per heavy atom. The van der Waals surface area contributed by atoms with Crippen LogP contribution in [0.1, 0.15) is 32.1 Å². The maximum Gasteiger partial charge on any atom is 0.0656 e. The van der Waals surface area contributed by atoms with Gasteiger partial charge in [-0.2, -0.15) is 5.26 Å². The van der Waals surface area contributed by atoms with Crippen molar-refractivity contribution in [3.8, 4) is 6.07 Å². The molecule has 0 unspecified atom stereocenters. The van der Waals surface area contributed by atoms with Gasteiger partial charge in [-0.15, -0.1) is 0 Å². The van der Waals surface area contributed by atoms with Crippen LogP contribution in [0.25, 0.3) is 0 Å². The van der Waals surface area contributed by atoms with E-state index in [9.17, 15) is 0 Å². The van der Waals surface area contributed by atoms with Gasteiger partial charge >= 0.3 is 0 Å². The smallest absolute Gasteiger partial charge is 0.0656 e. The lowest BCUT2D eigenvalue weighted by Crippen LogP contribution is -2.35. The number of piperidine rings is 1. The van der Waals surface area contributed by atoms with Crippen molar-refractivity contribution in [2.45, 2.75) is 32.1 Å². The van der Waals surface area contributed by atoms with E-state index >= 15 is 0 Å². The van der Waals surface area contributed by atoms with Crippen molar-refractivity contribution in [3.63, 3.8) is 0 Å². The standard InChI is InChI=1S/C13H22N2O/c14-11-13-2-7-15(8-3-13)6-1-12-4-9-16-10-5-12/h12-13H,1-10H2. The largest absolute Gasteiger partial charge is 0.381 e. The van der Waals surface area contributed by atoms with Crippen molar-refractivity contribution in [1.82, 2.24) is 4.90 Å². The minimum atomic E-state index is 0.319. The van der Waals surface area contributed by atoms with E-state index in [1.807, 2.05) is 0 Å². The van der Waals surface area contributed by atoms with Crippen molar-refractivity contribution in [3.05, 3.63) is 0 Å². The zero-order valence-corrected chi connectivity index (χ0v) is 10.0. The fraction of sp³-hybridized carbons (Fsp3) is 0.923. The molecule has 3 nitrogen and oxygen atoms in total. The van der Waals surface area contributed by atoms with Crippen LogP contribution in [0.15, 0.2) is 0 Å². The first-order valence-electron chi connectivity index (χ1n) is 6.58. The lowest BCUT2D eigenvalue weighted by atomic mass is 9.94. The molecule has 0 aromatic rings. The van der Waals surface area contributed by atoms with Crippen molar-refractivity contribution >= 4 is 0 Å². The first-order valence-corrected chi connectivity index (χ1v) is 6.58. The van der Waals surface area contributed by atoms with Gasteiger partial charge in [-0.1, -0.05) is 0 Å². The van der Waals surface area contributed by atoms with Gasteiger partial charge in [-0.25, -0.2) is 0 Å². The number of likely N-dealkylation sites (tertiary alicyclic amines) is 1. The molecule has 2 fully saturated rings. The van der Waals surface area contributed by atoms with Gasteiger partial charge in [-0.05, 0) is 57.7 Å². The van der Waals surface area contributed by atoms with Crippen LogP contribution in [-0.4, -0.2) is 37.7 Å². The normalized spacial score (nSPS) is 25.4. The van der Waals surface area contributed by atoms with E-state index in [0.717, 1.165) is 45.1 Å².